The first-order chi connectivity index (χ1) is 13.7. The van der Waals surface area contributed by atoms with Gasteiger partial charge in [-0.05, 0) is 58.7 Å². The van der Waals surface area contributed by atoms with E-state index in [4.69, 9.17) is 9.47 Å². The van der Waals surface area contributed by atoms with E-state index >= 15 is 0 Å². The lowest BCUT2D eigenvalue weighted by Gasteiger charge is -2.02. The molecule has 0 bridgehead atoms. The van der Waals surface area contributed by atoms with Crippen molar-refractivity contribution in [3.8, 4) is 11.5 Å². The van der Waals surface area contributed by atoms with Gasteiger partial charge in [-0.25, -0.2) is 0 Å². The van der Waals surface area contributed by atoms with Gasteiger partial charge >= 0.3 is 0 Å². The van der Waals surface area contributed by atoms with Crippen molar-refractivity contribution in [2.24, 2.45) is 0 Å². The summed E-state index contributed by atoms with van der Waals surface area (Å²) in [4.78, 5) is 13.2. The standard InChI is InChI=1S/C25H20O3/c1-27-19-11-7-17(8-12-19)15-23-21-5-3-4-6-22(21)24(25(23)26)16-18-9-13-20(28-2)14-10-18/h3-16H,1-2H3. The second kappa shape index (κ2) is 7.57. The summed E-state index contributed by atoms with van der Waals surface area (Å²) in [6, 6.07) is 23.3. The van der Waals surface area contributed by atoms with E-state index in [1.807, 2.05) is 84.9 Å². The molecule has 0 aliphatic heterocycles. The number of carbonyl (C=O) groups is 1. The third-order valence-corrected chi connectivity index (χ3v) is 4.85. The van der Waals surface area contributed by atoms with E-state index in [1.165, 1.54) is 0 Å². The molecule has 3 heteroatoms. The van der Waals surface area contributed by atoms with Crippen molar-refractivity contribution in [3.63, 3.8) is 0 Å². The van der Waals surface area contributed by atoms with Gasteiger partial charge in [-0.3, -0.25) is 4.79 Å². The van der Waals surface area contributed by atoms with Gasteiger partial charge in [-0.2, -0.15) is 0 Å². The van der Waals surface area contributed by atoms with Crippen molar-refractivity contribution in [1.82, 2.24) is 0 Å². The van der Waals surface area contributed by atoms with Crippen molar-refractivity contribution in [2.45, 2.75) is 0 Å². The zero-order valence-corrected chi connectivity index (χ0v) is 15.8. The molecule has 0 unspecified atom stereocenters. The first-order valence-electron chi connectivity index (χ1n) is 9.05. The summed E-state index contributed by atoms with van der Waals surface area (Å²) in [5.74, 6) is 1.62. The summed E-state index contributed by atoms with van der Waals surface area (Å²) >= 11 is 0. The van der Waals surface area contributed by atoms with Gasteiger partial charge in [0.25, 0.3) is 0 Å². The van der Waals surface area contributed by atoms with Gasteiger partial charge in [0.2, 0.25) is 0 Å². The number of carbonyl (C=O) groups excluding carboxylic acids is 1. The third-order valence-electron chi connectivity index (χ3n) is 4.85. The van der Waals surface area contributed by atoms with Crippen LogP contribution in [0.25, 0.3) is 23.3 Å². The summed E-state index contributed by atoms with van der Waals surface area (Å²) in [7, 11) is 3.28. The van der Waals surface area contributed by atoms with Crippen LogP contribution in [-0.4, -0.2) is 20.0 Å². The number of ether oxygens (including phenoxy) is 2. The average molecular weight is 368 g/mol. The summed E-state index contributed by atoms with van der Waals surface area (Å²) < 4.78 is 10.4. The smallest absolute Gasteiger partial charge is 0.194 e. The Balaban J connectivity index is 1.76. The van der Waals surface area contributed by atoms with Gasteiger partial charge in [-0.1, -0.05) is 48.5 Å². The number of hydrogen-bond donors (Lipinski definition) is 0. The van der Waals surface area contributed by atoms with E-state index in [2.05, 4.69) is 0 Å². The number of methoxy groups -OCH3 is 2. The minimum absolute atomic E-state index is 0.0350. The first kappa shape index (κ1) is 17.8. The Morgan fingerprint density at radius 1 is 0.607 bits per heavy atom. The number of Topliss-reactive ketones (excluding diaryl/α,β-unsaturated/α-hetero) is 1. The molecule has 0 fully saturated rings. The van der Waals surface area contributed by atoms with E-state index in [0.29, 0.717) is 11.1 Å². The highest BCUT2D eigenvalue weighted by atomic mass is 16.5. The van der Waals surface area contributed by atoms with Crippen molar-refractivity contribution in [2.75, 3.05) is 14.2 Å². The van der Waals surface area contributed by atoms with E-state index in [-0.39, 0.29) is 5.78 Å². The fourth-order valence-electron chi connectivity index (χ4n) is 3.36. The lowest BCUT2D eigenvalue weighted by Crippen LogP contribution is -1.94. The lowest BCUT2D eigenvalue weighted by atomic mass is 10.0. The van der Waals surface area contributed by atoms with Crippen LogP contribution in [0.4, 0.5) is 0 Å². The molecule has 0 aromatic heterocycles. The lowest BCUT2D eigenvalue weighted by molar-refractivity contribution is -0.108. The maximum absolute atomic E-state index is 13.2. The molecular weight excluding hydrogens is 348 g/mol. The van der Waals surface area contributed by atoms with Crippen LogP contribution in [0.1, 0.15) is 22.3 Å². The number of ketones is 1. The fraction of sp³-hybridized carbons (Fsp3) is 0.0800. The molecule has 4 rings (SSSR count). The highest BCUT2D eigenvalue weighted by Crippen LogP contribution is 2.39. The molecule has 3 aromatic carbocycles. The molecule has 1 aliphatic carbocycles. The molecular formula is C25H20O3. The van der Waals surface area contributed by atoms with Crippen LogP contribution in [0.2, 0.25) is 0 Å². The van der Waals surface area contributed by atoms with Crippen LogP contribution in [0, 0.1) is 0 Å². The molecule has 0 radical (unpaired) electrons. The van der Waals surface area contributed by atoms with Gasteiger partial charge in [0.15, 0.2) is 5.78 Å². The van der Waals surface area contributed by atoms with E-state index in [9.17, 15) is 4.79 Å². The summed E-state index contributed by atoms with van der Waals surface area (Å²) in [5.41, 5.74) is 5.27. The van der Waals surface area contributed by atoms with Crippen LogP contribution in [0.3, 0.4) is 0 Å². The van der Waals surface area contributed by atoms with Crippen LogP contribution in [-0.2, 0) is 4.79 Å². The third kappa shape index (κ3) is 3.35. The maximum Gasteiger partial charge on any atom is 0.194 e. The maximum atomic E-state index is 13.2. The van der Waals surface area contributed by atoms with Crippen molar-refractivity contribution in [3.05, 3.63) is 95.1 Å². The first-order valence-corrected chi connectivity index (χ1v) is 9.05. The van der Waals surface area contributed by atoms with Gasteiger partial charge in [0, 0.05) is 11.1 Å². The molecule has 0 amide bonds. The Morgan fingerprint density at radius 3 is 1.36 bits per heavy atom. The topological polar surface area (TPSA) is 35.5 Å². The number of fused-ring (bicyclic) bond motifs is 1. The number of benzene rings is 3. The molecule has 0 N–H and O–H groups in total. The predicted octanol–water partition coefficient (Wildman–Crippen LogP) is 5.37. The Hall–Kier alpha value is -3.59. The van der Waals surface area contributed by atoms with E-state index in [1.54, 1.807) is 14.2 Å². The quantitative estimate of drug-likeness (QED) is 0.581. The summed E-state index contributed by atoms with van der Waals surface area (Å²) in [5, 5.41) is 0. The van der Waals surface area contributed by atoms with Crippen LogP contribution in [0.15, 0.2) is 72.8 Å². The Kier molecular flexibility index (Phi) is 4.81. The van der Waals surface area contributed by atoms with Crippen LogP contribution < -0.4 is 9.47 Å². The Bertz CT molecular complexity index is 985. The van der Waals surface area contributed by atoms with Gasteiger partial charge < -0.3 is 9.47 Å². The van der Waals surface area contributed by atoms with Gasteiger partial charge in [-0.15, -0.1) is 0 Å². The van der Waals surface area contributed by atoms with Gasteiger partial charge in [0.05, 0.1) is 14.2 Å². The Labute approximate surface area is 164 Å². The zero-order chi connectivity index (χ0) is 19.5. The van der Waals surface area contributed by atoms with Gasteiger partial charge in [0.1, 0.15) is 11.5 Å². The number of allylic oxidation sites excluding steroid dienone is 2. The number of rotatable bonds is 4. The molecule has 0 heterocycles. The molecule has 0 spiro atoms. The van der Waals surface area contributed by atoms with Crippen LogP contribution >= 0.6 is 0 Å². The summed E-state index contributed by atoms with van der Waals surface area (Å²) in [6.07, 6.45) is 3.88. The second-order valence-corrected chi connectivity index (χ2v) is 6.54. The molecule has 138 valence electrons. The molecule has 1 aliphatic rings. The monoisotopic (exact) mass is 368 g/mol. The largest absolute Gasteiger partial charge is 0.497 e. The molecule has 28 heavy (non-hydrogen) atoms. The number of hydrogen-bond acceptors (Lipinski definition) is 3. The SMILES string of the molecule is COc1ccc(C=C2C(=O)C(=Cc3ccc(OC)cc3)c3ccccc32)cc1. The average Bonchev–Trinajstić information content (AvgIpc) is 3.01. The zero-order valence-electron chi connectivity index (χ0n) is 15.8. The fourth-order valence-corrected chi connectivity index (χ4v) is 3.36. The highest BCUT2D eigenvalue weighted by Gasteiger charge is 2.29. The Morgan fingerprint density at radius 2 is 1.00 bits per heavy atom. The normalized spacial score (nSPS) is 15.7. The minimum Gasteiger partial charge on any atom is -0.497 e. The molecule has 0 atom stereocenters. The summed E-state index contributed by atoms with van der Waals surface area (Å²) in [6.45, 7) is 0. The van der Waals surface area contributed by atoms with Crippen molar-refractivity contribution >= 4 is 29.1 Å². The van der Waals surface area contributed by atoms with E-state index in [0.717, 1.165) is 33.8 Å². The predicted molar refractivity (Wildman–Crippen MR) is 113 cm³/mol. The van der Waals surface area contributed by atoms with Crippen molar-refractivity contribution < 1.29 is 14.3 Å². The van der Waals surface area contributed by atoms with Crippen LogP contribution in [0.5, 0.6) is 11.5 Å². The molecule has 3 nitrogen and oxygen atoms in total. The second-order valence-electron chi connectivity index (χ2n) is 6.54. The minimum atomic E-state index is 0.0350. The molecule has 0 saturated carbocycles. The highest BCUT2D eigenvalue weighted by molar-refractivity contribution is 6.51. The van der Waals surface area contributed by atoms with E-state index < -0.39 is 0 Å². The van der Waals surface area contributed by atoms with Crippen molar-refractivity contribution in [1.29, 1.82) is 0 Å². The molecule has 0 saturated heterocycles. The molecule has 3 aromatic rings.